The van der Waals surface area contributed by atoms with Crippen molar-refractivity contribution < 1.29 is 0 Å². The van der Waals surface area contributed by atoms with Gasteiger partial charge >= 0.3 is 0 Å². The van der Waals surface area contributed by atoms with E-state index in [9.17, 15) is 0 Å². The van der Waals surface area contributed by atoms with Gasteiger partial charge in [-0.25, -0.2) is 0 Å². The van der Waals surface area contributed by atoms with Crippen molar-refractivity contribution in [2.24, 2.45) is 0 Å². The zero-order valence-electron chi connectivity index (χ0n) is 10.5. The number of hydrogen-bond acceptors (Lipinski definition) is 3. The van der Waals surface area contributed by atoms with Gasteiger partial charge in [0.2, 0.25) is 0 Å². The van der Waals surface area contributed by atoms with Gasteiger partial charge in [-0.05, 0) is 63.8 Å². The SMILES string of the molecule is Cc1ccsc1C(CC1CCCN1)N(C)C. The molecular formula is C13H22N2S. The van der Waals surface area contributed by atoms with Crippen molar-refractivity contribution in [2.75, 3.05) is 20.6 Å². The summed E-state index contributed by atoms with van der Waals surface area (Å²) in [6, 6.07) is 3.53. The maximum absolute atomic E-state index is 3.60. The number of thiophene rings is 1. The normalized spacial score (nSPS) is 22.9. The molecule has 0 aliphatic carbocycles. The first-order chi connectivity index (χ1) is 7.68. The largest absolute Gasteiger partial charge is 0.314 e. The van der Waals surface area contributed by atoms with Crippen molar-refractivity contribution in [1.29, 1.82) is 0 Å². The zero-order chi connectivity index (χ0) is 11.5. The minimum atomic E-state index is 0.579. The third-order valence-corrected chi connectivity index (χ3v) is 4.62. The van der Waals surface area contributed by atoms with Gasteiger partial charge in [0, 0.05) is 17.0 Å². The Bertz CT molecular complexity index is 326. The summed E-state index contributed by atoms with van der Waals surface area (Å²) in [7, 11) is 4.39. The molecule has 16 heavy (non-hydrogen) atoms. The van der Waals surface area contributed by atoms with Crippen LogP contribution in [0.1, 0.15) is 35.7 Å². The fourth-order valence-corrected chi connectivity index (χ4v) is 3.64. The maximum atomic E-state index is 3.60. The molecule has 1 aromatic rings. The van der Waals surface area contributed by atoms with Gasteiger partial charge in [-0.15, -0.1) is 11.3 Å². The molecule has 2 unspecified atom stereocenters. The van der Waals surface area contributed by atoms with Crippen LogP contribution in [0.2, 0.25) is 0 Å². The highest BCUT2D eigenvalue weighted by Gasteiger charge is 2.23. The Kier molecular flexibility index (Phi) is 4.00. The van der Waals surface area contributed by atoms with E-state index in [1.54, 1.807) is 4.88 Å². The lowest BCUT2D eigenvalue weighted by Gasteiger charge is -2.27. The zero-order valence-corrected chi connectivity index (χ0v) is 11.3. The molecule has 2 atom stereocenters. The van der Waals surface area contributed by atoms with Gasteiger partial charge < -0.3 is 10.2 Å². The maximum Gasteiger partial charge on any atom is 0.0452 e. The van der Waals surface area contributed by atoms with Crippen LogP contribution in [0.5, 0.6) is 0 Å². The van der Waals surface area contributed by atoms with Crippen molar-refractivity contribution in [1.82, 2.24) is 10.2 Å². The van der Waals surface area contributed by atoms with Crippen LogP contribution in [0.25, 0.3) is 0 Å². The second-order valence-electron chi connectivity index (χ2n) is 4.98. The fraction of sp³-hybridized carbons (Fsp3) is 0.692. The van der Waals surface area contributed by atoms with Crippen LogP contribution in [-0.4, -0.2) is 31.6 Å². The summed E-state index contributed by atoms with van der Waals surface area (Å²) in [5.74, 6) is 0. The third kappa shape index (κ3) is 2.65. The molecule has 2 heterocycles. The van der Waals surface area contributed by atoms with Crippen LogP contribution in [0, 0.1) is 6.92 Å². The first kappa shape index (κ1) is 12.1. The number of nitrogens with zero attached hydrogens (tertiary/aromatic N) is 1. The molecule has 3 heteroatoms. The Morgan fingerprint density at radius 2 is 2.38 bits per heavy atom. The minimum absolute atomic E-state index is 0.579. The van der Waals surface area contributed by atoms with Gasteiger partial charge in [-0.3, -0.25) is 0 Å². The Balaban J connectivity index is 2.08. The molecule has 1 aliphatic heterocycles. The van der Waals surface area contributed by atoms with Crippen LogP contribution in [0.15, 0.2) is 11.4 Å². The first-order valence-corrected chi connectivity index (χ1v) is 7.00. The highest BCUT2D eigenvalue weighted by molar-refractivity contribution is 7.10. The van der Waals surface area contributed by atoms with Crippen molar-refractivity contribution in [3.05, 3.63) is 21.9 Å². The van der Waals surface area contributed by atoms with Crippen molar-refractivity contribution >= 4 is 11.3 Å². The molecule has 1 N–H and O–H groups in total. The van der Waals surface area contributed by atoms with E-state index in [1.807, 2.05) is 11.3 Å². The van der Waals surface area contributed by atoms with Crippen molar-refractivity contribution in [3.8, 4) is 0 Å². The fourth-order valence-electron chi connectivity index (χ4n) is 2.51. The van der Waals surface area contributed by atoms with Gasteiger partial charge in [0.15, 0.2) is 0 Å². The van der Waals surface area contributed by atoms with E-state index in [-0.39, 0.29) is 0 Å². The molecule has 0 amide bonds. The lowest BCUT2D eigenvalue weighted by Crippen LogP contribution is -2.29. The summed E-state index contributed by atoms with van der Waals surface area (Å²) < 4.78 is 0. The van der Waals surface area contributed by atoms with Crippen molar-refractivity contribution in [3.63, 3.8) is 0 Å². The minimum Gasteiger partial charge on any atom is -0.314 e. The van der Waals surface area contributed by atoms with E-state index in [2.05, 4.69) is 42.7 Å². The average Bonchev–Trinajstić information content (AvgIpc) is 2.85. The second-order valence-corrected chi connectivity index (χ2v) is 5.92. The average molecular weight is 238 g/mol. The molecular weight excluding hydrogens is 216 g/mol. The Hall–Kier alpha value is -0.380. The number of nitrogens with one attached hydrogen (secondary N) is 1. The quantitative estimate of drug-likeness (QED) is 0.868. The molecule has 90 valence electrons. The van der Waals surface area contributed by atoms with E-state index in [4.69, 9.17) is 0 Å². The van der Waals surface area contributed by atoms with Crippen LogP contribution in [0.3, 0.4) is 0 Å². The smallest absolute Gasteiger partial charge is 0.0452 e. The van der Waals surface area contributed by atoms with Crippen LogP contribution < -0.4 is 5.32 Å². The molecule has 1 aromatic heterocycles. The van der Waals surface area contributed by atoms with Gasteiger partial charge in [-0.2, -0.15) is 0 Å². The third-order valence-electron chi connectivity index (χ3n) is 3.50. The molecule has 1 aliphatic rings. The molecule has 0 spiro atoms. The molecule has 1 saturated heterocycles. The molecule has 0 radical (unpaired) electrons. The molecule has 2 nitrogen and oxygen atoms in total. The molecule has 0 bridgehead atoms. The van der Waals surface area contributed by atoms with E-state index >= 15 is 0 Å². The summed E-state index contributed by atoms with van der Waals surface area (Å²) in [6.07, 6.45) is 3.93. The van der Waals surface area contributed by atoms with Gasteiger partial charge in [-0.1, -0.05) is 0 Å². The van der Waals surface area contributed by atoms with E-state index in [0.717, 1.165) is 0 Å². The summed E-state index contributed by atoms with van der Waals surface area (Å²) >= 11 is 1.90. The highest BCUT2D eigenvalue weighted by atomic mass is 32.1. The lowest BCUT2D eigenvalue weighted by molar-refractivity contribution is 0.266. The van der Waals surface area contributed by atoms with Gasteiger partial charge in [0.1, 0.15) is 0 Å². The van der Waals surface area contributed by atoms with Crippen LogP contribution in [-0.2, 0) is 0 Å². The van der Waals surface area contributed by atoms with E-state index in [1.165, 1.54) is 31.4 Å². The molecule has 2 rings (SSSR count). The number of hydrogen-bond donors (Lipinski definition) is 1. The van der Waals surface area contributed by atoms with E-state index in [0.29, 0.717) is 12.1 Å². The summed E-state index contributed by atoms with van der Waals surface area (Å²) in [6.45, 7) is 3.43. The van der Waals surface area contributed by atoms with Crippen molar-refractivity contribution in [2.45, 2.75) is 38.3 Å². The predicted molar refractivity (Wildman–Crippen MR) is 71.1 cm³/mol. The predicted octanol–water partition coefficient (Wildman–Crippen LogP) is 2.80. The van der Waals surface area contributed by atoms with E-state index < -0.39 is 0 Å². The molecule has 0 saturated carbocycles. The van der Waals surface area contributed by atoms with Crippen LogP contribution >= 0.6 is 11.3 Å². The second kappa shape index (κ2) is 5.30. The first-order valence-electron chi connectivity index (χ1n) is 6.12. The molecule has 0 aromatic carbocycles. The number of rotatable bonds is 4. The summed E-state index contributed by atoms with van der Waals surface area (Å²) in [5.41, 5.74) is 1.45. The van der Waals surface area contributed by atoms with Crippen LogP contribution in [0.4, 0.5) is 0 Å². The summed E-state index contributed by atoms with van der Waals surface area (Å²) in [5, 5.41) is 5.81. The number of aryl methyl sites for hydroxylation is 1. The highest BCUT2D eigenvalue weighted by Crippen LogP contribution is 2.32. The molecule has 1 fully saturated rings. The Labute approximate surface area is 103 Å². The standard InChI is InChI=1S/C13H22N2S/c1-10-6-8-16-13(10)12(15(2)3)9-11-5-4-7-14-11/h6,8,11-12,14H,4-5,7,9H2,1-3H3. The lowest BCUT2D eigenvalue weighted by atomic mass is 10.0. The van der Waals surface area contributed by atoms with Gasteiger partial charge in [0.05, 0.1) is 0 Å². The summed E-state index contributed by atoms with van der Waals surface area (Å²) in [4.78, 5) is 3.90. The van der Waals surface area contributed by atoms with Gasteiger partial charge in [0.25, 0.3) is 0 Å². The topological polar surface area (TPSA) is 15.3 Å². The Morgan fingerprint density at radius 3 is 2.88 bits per heavy atom. The monoisotopic (exact) mass is 238 g/mol. The Morgan fingerprint density at radius 1 is 1.56 bits per heavy atom.